The van der Waals surface area contributed by atoms with Gasteiger partial charge in [-0.25, -0.2) is 0 Å². The average Bonchev–Trinajstić information content (AvgIpc) is 2.60. The molecule has 0 unspecified atom stereocenters. The summed E-state index contributed by atoms with van der Waals surface area (Å²) >= 11 is 0. The predicted octanol–water partition coefficient (Wildman–Crippen LogP) is 3.70. The molecule has 0 bridgehead atoms. The van der Waals surface area contributed by atoms with E-state index in [1.54, 1.807) is 49.6 Å². The van der Waals surface area contributed by atoms with Crippen molar-refractivity contribution in [3.63, 3.8) is 0 Å². The monoisotopic (exact) mass is 354 g/mol. The molecule has 0 heterocycles. The largest absolute Gasteiger partial charge is 0.493 e. The minimum atomic E-state index is -0.280. The summed E-state index contributed by atoms with van der Waals surface area (Å²) in [4.78, 5) is 23.2. The van der Waals surface area contributed by atoms with Crippen LogP contribution in [0.2, 0.25) is 0 Å². The standard InChI is InChI=1S/C20H22N2O4/c1-4-26-18-10-8-15(12-19(18)25-3)9-11-20(24)22-17-7-5-6-16(13-17)21-14(2)23/h5-13H,4H2,1-3H3,(H,21,23)(H,22,24). The maximum absolute atomic E-state index is 12.1. The first-order valence-electron chi connectivity index (χ1n) is 8.19. The SMILES string of the molecule is CCOc1ccc(C=CC(=O)Nc2cccc(NC(C)=O)c2)cc1OC. The molecular formula is C20H22N2O4. The first-order valence-corrected chi connectivity index (χ1v) is 8.19. The minimum absolute atomic E-state index is 0.169. The van der Waals surface area contributed by atoms with Gasteiger partial charge in [0.1, 0.15) is 0 Å². The fraction of sp³-hybridized carbons (Fsp3) is 0.200. The molecule has 2 amide bonds. The van der Waals surface area contributed by atoms with Crippen LogP contribution in [0.3, 0.4) is 0 Å². The normalized spacial score (nSPS) is 10.4. The second-order valence-corrected chi connectivity index (χ2v) is 5.43. The van der Waals surface area contributed by atoms with Crippen molar-refractivity contribution >= 4 is 29.3 Å². The Kier molecular flexibility index (Phi) is 6.79. The van der Waals surface area contributed by atoms with E-state index in [0.717, 1.165) is 5.56 Å². The van der Waals surface area contributed by atoms with E-state index in [0.29, 0.717) is 29.5 Å². The second-order valence-electron chi connectivity index (χ2n) is 5.43. The summed E-state index contributed by atoms with van der Waals surface area (Å²) in [5.41, 5.74) is 2.03. The van der Waals surface area contributed by atoms with Gasteiger partial charge in [-0.1, -0.05) is 12.1 Å². The number of amides is 2. The molecule has 0 aliphatic heterocycles. The van der Waals surface area contributed by atoms with Gasteiger partial charge in [-0.2, -0.15) is 0 Å². The zero-order valence-electron chi connectivity index (χ0n) is 15.0. The van der Waals surface area contributed by atoms with E-state index in [1.165, 1.54) is 13.0 Å². The van der Waals surface area contributed by atoms with Crippen molar-refractivity contribution in [3.05, 3.63) is 54.1 Å². The molecule has 0 aromatic heterocycles. The van der Waals surface area contributed by atoms with Crippen molar-refractivity contribution in [3.8, 4) is 11.5 Å². The van der Waals surface area contributed by atoms with Crippen molar-refractivity contribution < 1.29 is 19.1 Å². The van der Waals surface area contributed by atoms with Crippen LogP contribution in [0.5, 0.6) is 11.5 Å². The van der Waals surface area contributed by atoms with E-state index >= 15 is 0 Å². The lowest BCUT2D eigenvalue weighted by Gasteiger charge is -2.09. The van der Waals surface area contributed by atoms with Gasteiger partial charge in [0.2, 0.25) is 11.8 Å². The summed E-state index contributed by atoms with van der Waals surface area (Å²) in [5.74, 6) is 0.819. The Morgan fingerprint density at radius 3 is 2.42 bits per heavy atom. The second kappa shape index (κ2) is 9.27. The Morgan fingerprint density at radius 2 is 1.77 bits per heavy atom. The number of hydrogen-bond donors (Lipinski definition) is 2. The van der Waals surface area contributed by atoms with Crippen LogP contribution in [0.1, 0.15) is 19.4 Å². The van der Waals surface area contributed by atoms with E-state index in [-0.39, 0.29) is 11.8 Å². The Hall–Kier alpha value is -3.28. The third-order valence-electron chi connectivity index (χ3n) is 3.37. The highest BCUT2D eigenvalue weighted by Gasteiger charge is 2.05. The van der Waals surface area contributed by atoms with Crippen molar-refractivity contribution in [2.75, 3.05) is 24.4 Å². The van der Waals surface area contributed by atoms with Gasteiger partial charge in [0, 0.05) is 24.4 Å². The highest BCUT2D eigenvalue weighted by Crippen LogP contribution is 2.28. The van der Waals surface area contributed by atoms with Crippen LogP contribution in [-0.4, -0.2) is 25.5 Å². The van der Waals surface area contributed by atoms with E-state index in [2.05, 4.69) is 10.6 Å². The summed E-state index contributed by atoms with van der Waals surface area (Å²) in [6.07, 6.45) is 3.12. The number of carbonyl (C=O) groups excluding carboxylic acids is 2. The molecule has 2 rings (SSSR count). The van der Waals surface area contributed by atoms with Crippen molar-refractivity contribution in [2.45, 2.75) is 13.8 Å². The zero-order chi connectivity index (χ0) is 18.9. The maximum Gasteiger partial charge on any atom is 0.248 e. The molecule has 26 heavy (non-hydrogen) atoms. The van der Waals surface area contributed by atoms with Crippen LogP contribution in [0.25, 0.3) is 6.08 Å². The van der Waals surface area contributed by atoms with Crippen LogP contribution in [0.15, 0.2) is 48.5 Å². The molecule has 0 aliphatic carbocycles. The van der Waals surface area contributed by atoms with Crippen LogP contribution < -0.4 is 20.1 Å². The number of ether oxygens (including phenoxy) is 2. The average molecular weight is 354 g/mol. The fourth-order valence-electron chi connectivity index (χ4n) is 2.30. The molecule has 0 radical (unpaired) electrons. The molecule has 2 N–H and O–H groups in total. The molecule has 0 saturated heterocycles. The molecular weight excluding hydrogens is 332 g/mol. The lowest BCUT2D eigenvalue weighted by Crippen LogP contribution is -2.09. The van der Waals surface area contributed by atoms with E-state index < -0.39 is 0 Å². The maximum atomic E-state index is 12.1. The molecule has 6 heteroatoms. The Morgan fingerprint density at radius 1 is 1.04 bits per heavy atom. The van der Waals surface area contributed by atoms with E-state index in [9.17, 15) is 9.59 Å². The van der Waals surface area contributed by atoms with Crippen molar-refractivity contribution in [1.82, 2.24) is 0 Å². The molecule has 0 saturated carbocycles. The van der Waals surface area contributed by atoms with Gasteiger partial charge in [0.05, 0.1) is 13.7 Å². The summed E-state index contributed by atoms with van der Waals surface area (Å²) in [6, 6.07) is 12.4. The van der Waals surface area contributed by atoms with Crippen LogP contribution in [0, 0.1) is 0 Å². The van der Waals surface area contributed by atoms with Crippen molar-refractivity contribution in [2.24, 2.45) is 0 Å². The highest BCUT2D eigenvalue weighted by atomic mass is 16.5. The highest BCUT2D eigenvalue weighted by molar-refractivity contribution is 6.02. The first kappa shape index (κ1) is 19.1. The van der Waals surface area contributed by atoms with Gasteiger partial charge in [-0.05, 0) is 48.9 Å². The molecule has 0 aliphatic rings. The van der Waals surface area contributed by atoms with Gasteiger partial charge in [-0.15, -0.1) is 0 Å². The number of methoxy groups -OCH3 is 1. The Bertz CT molecular complexity index is 815. The van der Waals surface area contributed by atoms with Gasteiger partial charge >= 0.3 is 0 Å². The number of benzene rings is 2. The van der Waals surface area contributed by atoms with Gasteiger partial charge < -0.3 is 20.1 Å². The summed E-state index contributed by atoms with van der Waals surface area (Å²) in [5, 5.41) is 5.42. The third-order valence-corrected chi connectivity index (χ3v) is 3.37. The summed E-state index contributed by atoms with van der Waals surface area (Å²) in [6.45, 7) is 3.88. The van der Waals surface area contributed by atoms with Gasteiger partial charge in [0.15, 0.2) is 11.5 Å². The topological polar surface area (TPSA) is 76.7 Å². The Balaban J connectivity index is 2.04. The summed E-state index contributed by atoms with van der Waals surface area (Å²) in [7, 11) is 1.57. The number of carbonyl (C=O) groups is 2. The van der Waals surface area contributed by atoms with E-state index in [1.807, 2.05) is 13.0 Å². The van der Waals surface area contributed by atoms with Crippen LogP contribution in [0.4, 0.5) is 11.4 Å². The fourth-order valence-corrected chi connectivity index (χ4v) is 2.30. The molecule has 2 aromatic carbocycles. The zero-order valence-corrected chi connectivity index (χ0v) is 15.0. The molecule has 0 atom stereocenters. The third kappa shape index (κ3) is 5.66. The molecule has 136 valence electrons. The van der Waals surface area contributed by atoms with E-state index in [4.69, 9.17) is 9.47 Å². The number of hydrogen-bond acceptors (Lipinski definition) is 4. The van der Waals surface area contributed by atoms with Gasteiger partial charge in [-0.3, -0.25) is 9.59 Å². The molecule has 6 nitrogen and oxygen atoms in total. The number of anilines is 2. The predicted molar refractivity (Wildman–Crippen MR) is 103 cm³/mol. The first-order chi connectivity index (χ1) is 12.5. The summed E-state index contributed by atoms with van der Waals surface area (Å²) < 4.78 is 10.8. The minimum Gasteiger partial charge on any atom is -0.493 e. The van der Waals surface area contributed by atoms with Crippen LogP contribution in [-0.2, 0) is 9.59 Å². The number of nitrogens with one attached hydrogen (secondary N) is 2. The number of rotatable bonds is 7. The molecule has 2 aromatic rings. The van der Waals surface area contributed by atoms with Crippen molar-refractivity contribution in [1.29, 1.82) is 0 Å². The molecule has 0 spiro atoms. The lowest BCUT2D eigenvalue weighted by atomic mass is 10.2. The Labute approximate surface area is 152 Å². The van der Waals surface area contributed by atoms with Gasteiger partial charge in [0.25, 0.3) is 0 Å². The van der Waals surface area contributed by atoms with Crippen LogP contribution >= 0.6 is 0 Å². The smallest absolute Gasteiger partial charge is 0.248 e. The lowest BCUT2D eigenvalue weighted by molar-refractivity contribution is -0.114. The molecule has 0 fully saturated rings. The quantitative estimate of drug-likeness (QED) is 0.743.